The lowest BCUT2D eigenvalue weighted by atomic mass is 9.68. The van der Waals surface area contributed by atoms with Crippen molar-refractivity contribution in [3.8, 4) is 0 Å². The molecule has 0 aliphatic heterocycles. The summed E-state index contributed by atoms with van der Waals surface area (Å²) in [5.41, 5.74) is 6.66. The number of nitrogens with two attached hydrogens (primary N) is 1. The lowest BCUT2D eigenvalue weighted by molar-refractivity contribution is -0.109. The van der Waals surface area contributed by atoms with Crippen LogP contribution in [0.1, 0.15) is 13.8 Å². The molecule has 1 aliphatic carbocycles. The molecule has 2 atom stereocenters. The number of hydrogen-bond donors (Lipinski definition) is 1. The molecule has 0 aromatic carbocycles. The fourth-order valence-electron chi connectivity index (χ4n) is 1.89. The number of aldehydes is 1. The normalized spacial score (nSPS) is 31.8. The topological polar surface area (TPSA) is 43.1 Å². The van der Waals surface area contributed by atoms with Crippen LogP contribution in [0.5, 0.6) is 0 Å². The predicted molar refractivity (Wildman–Crippen MR) is 54.2 cm³/mol. The molecule has 0 bridgehead atoms. The Morgan fingerprint density at radius 2 is 2.31 bits per heavy atom. The summed E-state index contributed by atoms with van der Waals surface area (Å²) < 4.78 is 0. The third-order valence-corrected chi connectivity index (χ3v) is 2.89. The van der Waals surface area contributed by atoms with E-state index >= 15 is 0 Å². The minimum atomic E-state index is -0.137. The van der Waals surface area contributed by atoms with Gasteiger partial charge in [0.05, 0.1) is 5.92 Å². The van der Waals surface area contributed by atoms with Crippen molar-refractivity contribution in [2.45, 2.75) is 13.8 Å². The molecular weight excluding hydrogens is 162 g/mol. The predicted octanol–water partition coefficient (Wildman–Crippen LogP) is 1.53. The number of carbonyl (C=O) groups is 1. The van der Waals surface area contributed by atoms with Gasteiger partial charge in [-0.15, -0.1) is 0 Å². The van der Waals surface area contributed by atoms with E-state index in [1.54, 1.807) is 0 Å². The second-order valence-electron chi connectivity index (χ2n) is 4.21. The molecule has 0 radical (unpaired) electrons. The summed E-state index contributed by atoms with van der Waals surface area (Å²) >= 11 is 0. The van der Waals surface area contributed by atoms with Crippen molar-refractivity contribution in [3.05, 3.63) is 24.3 Å². The molecule has 0 fully saturated rings. The first-order valence-electron chi connectivity index (χ1n) is 4.56. The Kier molecular flexibility index (Phi) is 2.71. The van der Waals surface area contributed by atoms with Gasteiger partial charge in [-0.05, 0) is 12.0 Å². The van der Waals surface area contributed by atoms with Crippen molar-refractivity contribution >= 4 is 6.29 Å². The molecule has 0 aromatic rings. The van der Waals surface area contributed by atoms with E-state index in [1.807, 2.05) is 6.08 Å². The molecule has 2 unspecified atom stereocenters. The molecule has 0 spiro atoms. The van der Waals surface area contributed by atoms with E-state index in [4.69, 9.17) is 5.73 Å². The Balaban J connectivity index is 3.00. The minimum absolute atomic E-state index is 0.0331. The summed E-state index contributed by atoms with van der Waals surface area (Å²) in [5, 5.41) is 0. The summed E-state index contributed by atoms with van der Waals surface area (Å²) in [7, 11) is 0. The largest absolute Gasteiger partial charge is 0.330 e. The zero-order valence-electron chi connectivity index (χ0n) is 8.29. The Hall–Kier alpha value is -0.890. The van der Waals surface area contributed by atoms with Gasteiger partial charge in [0.25, 0.3) is 0 Å². The first-order valence-corrected chi connectivity index (χ1v) is 4.56. The van der Waals surface area contributed by atoms with E-state index in [-0.39, 0.29) is 17.3 Å². The Bertz CT molecular complexity index is 253. The Labute approximate surface area is 79.5 Å². The van der Waals surface area contributed by atoms with Crippen molar-refractivity contribution in [2.75, 3.05) is 6.54 Å². The monoisotopic (exact) mass is 179 g/mol. The summed E-state index contributed by atoms with van der Waals surface area (Å²) in [6, 6.07) is 0. The first-order chi connectivity index (χ1) is 6.03. The maximum Gasteiger partial charge on any atom is 0.130 e. The summed E-state index contributed by atoms with van der Waals surface area (Å²) in [6.45, 7) is 8.74. The van der Waals surface area contributed by atoms with Crippen molar-refractivity contribution in [1.29, 1.82) is 0 Å². The third-order valence-electron chi connectivity index (χ3n) is 2.89. The van der Waals surface area contributed by atoms with Gasteiger partial charge in [-0.3, -0.25) is 0 Å². The van der Waals surface area contributed by atoms with Crippen molar-refractivity contribution in [1.82, 2.24) is 0 Å². The van der Waals surface area contributed by atoms with Gasteiger partial charge in [-0.2, -0.15) is 0 Å². The van der Waals surface area contributed by atoms with Gasteiger partial charge in [0.15, 0.2) is 0 Å². The van der Waals surface area contributed by atoms with Crippen LogP contribution in [0.15, 0.2) is 24.3 Å². The van der Waals surface area contributed by atoms with Gasteiger partial charge in [-0.1, -0.05) is 38.2 Å². The fraction of sp³-hybridized carbons (Fsp3) is 0.545. The number of rotatable bonds is 2. The highest BCUT2D eigenvalue weighted by Crippen LogP contribution is 2.39. The zero-order chi connectivity index (χ0) is 10.1. The van der Waals surface area contributed by atoms with Crippen molar-refractivity contribution < 1.29 is 4.79 Å². The lowest BCUT2D eigenvalue weighted by Crippen LogP contribution is -2.35. The third kappa shape index (κ3) is 1.73. The SMILES string of the molecule is C=C1C(C=O)C=CC(C)(C)C1CN. The van der Waals surface area contributed by atoms with E-state index in [1.165, 1.54) is 0 Å². The number of allylic oxidation sites excluding steroid dienone is 2. The molecule has 0 aromatic heterocycles. The van der Waals surface area contributed by atoms with Crippen LogP contribution in [-0.2, 0) is 4.79 Å². The van der Waals surface area contributed by atoms with Gasteiger partial charge in [0.2, 0.25) is 0 Å². The molecule has 1 rings (SSSR count). The Morgan fingerprint density at radius 1 is 1.69 bits per heavy atom. The lowest BCUT2D eigenvalue weighted by Gasteiger charge is -2.37. The van der Waals surface area contributed by atoms with E-state index in [0.717, 1.165) is 11.9 Å². The number of carbonyl (C=O) groups excluding carboxylic acids is 1. The maximum atomic E-state index is 10.7. The second-order valence-corrected chi connectivity index (χ2v) is 4.21. The summed E-state index contributed by atoms with van der Waals surface area (Å²) in [6.07, 6.45) is 4.91. The van der Waals surface area contributed by atoms with E-state index < -0.39 is 0 Å². The molecular formula is C11H17NO. The van der Waals surface area contributed by atoms with E-state index in [9.17, 15) is 4.79 Å². The van der Waals surface area contributed by atoms with Gasteiger partial charge >= 0.3 is 0 Å². The standard InChI is InChI=1S/C11H17NO/c1-8-9(7-13)4-5-11(2,3)10(8)6-12/h4-5,7,9-10H,1,6,12H2,2-3H3. The average Bonchev–Trinajstić information content (AvgIpc) is 2.04. The maximum absolute atomic E-state index is 10.7. The van der Waals surface area contributed by atoms with Crippen LogP contribution in [0, 0.1) is 17.3 Å². The molecule has 0 heterocycles. The molecule has 1 aliphatic rings. The molecule has 72 valence electrons. The van der Waals surface area contributed by atoms with Crippen molar-refractivity contribution in [3.63, 3.8) is 0 Å². The average molecular weight is 179 g/mol. The van der Waals surface area contributed by atoms with Crippen LogP contribution < -0.4 is 5.73 Å². The molecule has 0 saturated heterocycles. The highest BCUT2D eigenvalue weighted by atomic mass is 16.1. The second kappa shape index (κ2) is 3.46. The van der Waals surface area contributed by atoms with E-state index in [2.05, 4.69) is 26.5 Å². The summed E-state index contributed by atoms with van der Waals surface area (Å²) in [5.74, 6) is 0.0780. The number of hydrogen-bond acceptors (Lipinski definition) is 2. The molecule has 0 saturated carbocycles. The van der Waals surface area contributed by atoms with Gasteiger partial charge in [-0.25, -0.2) is 0 Å². The fourth-order valence-corrected chi connectivity index (χ4v) is 1.89. The van der Waals surface area contributed by atoms with Crippen LogP contribution >= 0.6 is 0 Å². The van der Waals surface area contributed by atoms with Gasteiger partial charge < -0.3 is 10.5 Å². The van der Waals surface area contributed by atoms with Gasteiger partial charge in [0, 0.05) is 5.92 Å². The van der Waals surface area contributed by atoms with Crippen LogP contribution in [0.4, 0.5) is 0 Å². The molecule has 0 amide bonds. The van der Waals surface area contributed by atoms with Crippen LogP contribution in [0.2, 0.25) is 0 Å². The first kappa shape index (κ1) is 10.2. The summed E-state index contributed by atoms with van der Waals surface area (Å²) in [4.78, 5) is 10.7. The smallest absolute Gasteiger partial charge is 0.130 e. The van der Waals surface area contributed by atoms with Crippen LogP contribution in [0.3, 0.4) is 0 Å². The van der Waals surface area contributed by atoms with Crippen LogP contribution in [-0.4, -0.2) is 12.8 Å². The highest BCUT2D eigenvalue weighted by Gasteiger charge is 2.34. The molecule has 13 heavy (non-hydrogen) atoms. The molecule has 2 nitrogen and oxygen atoms in total. The van der Waals surface area contributed by atoms with Gasteiger partial charge in [0.1, 0.15) is 6.29 Å². The molecule has 2 heteroatoms. The van der Waals surface area contributed by atoms with Crippen molar-refractivity contribution in [2.24, 2.45) is 23.0 Å². The molecule has 2 N–H and O–H groups in total. The minimum Gasteiger partial charge on any atom is -0.330 e. The zero-order valence-corrected chi connectivity index (χ0v) is 8.29. The van der Waals surface area contributed by atoms with Crippen LogP contribution in [0.25, 0.3) is 0 Å². The quantitative estimate of drug-likeness (QED) is 0.516. The highest BCUT2D eigenvalue weighted by molar-refractivity contribution is 5.63. The Morgan fingerprint density at radius 3 is 2.77 bits per heavy atom. The van der Waals surface area contributed by atoms with E-state index in [0.29, 0.717) is 6.54 Å².